The molecule has 0 saturated heterocycles. The number of benzene rings is 2. The molecule has 1 nitrogen and oxygen atoms in total. The fourth-order valence-electron chi connectivity index (χ4n) is 11.5. The van der Waals surface area contributed by atoms with Gasteiger partial charge in [-0.05, 0) is 152 Å². The second-order valence-corrected chi connectivity index (χ2v) is 14.3. The molecule has 1 heterocycles. The van der Waals surface area contributed by atoms with Gasteiger partial charge in [0.1, 0.15) is 5.58 Å². The molecule has 8 fully saturated rings. The molecule has 180 valence electrons. The van der Waals surface area contributed by atoms with Crippen LogP contribution in [0.2, 0.25) is 0 Å². The van der Waals surface area contributed by atoms with Crippen molar-refractivity contribution >= 4 is 11.0 Å². The van der Waals surface area contributed by atoms with E-state index in [0.717, 1.165) is 41.1 Å². The minimum Gasteiger partial charge on any atom is -0.464 e. The van der Waals surface area contributed by atoms with Crippen molar-refractivity contribution < 1.29 is 4.42 Å². The minimum atomic E-state index is 0.444. The first-order valence-corrected chi connectivity index (χ1v) is 14.8. The van der Waals surface area contributed by atoms with Gasteiger partial charge in [-0.3, -0.25) is 0 Å². The van der Waals surface area contributed by atoms with Crippen molar-refractivity contribution in [3.8, 4) is 11.1 Å². The van der Waals surface area contributed by atoms with Crippen LogP contribution >= 0.6 is 0 Å². The summed E-state index contributed by atoms with van der Waals surface area (Å²) < 4.78 is 6.11. The Kier molecular flexibility index (Phi) is 3.93. The van der Waals surface area contributed by atoms with Crippen LogP contribution < -0.4 is 0 Å². The topological polar surface area (TPSA) is 13.1 Å². The van der Waals surface area contributed by atoms with Crippen LogP contribution in [-0.2, 0) is 10.8 Å². The summed E-state index contributed by atoms with van der Waals surface area (Å²) in [5.41, 5.74) is 7.85. The molecule has 8 aliphatic rings. The van der Waals surface area contributed by atoms with Gasteiger partial charge in [-0.15, -0.1) is 0 Å². The predicted molar refractivity (Wildman–Crippen MR) is 141 cm³/mol. The summed E-state index contributed by atoms with van der Waals surface area (Å²) in [6, 6.07) is 17.0. The van der Waals surface area contributed by atoms with Crippen molar-refractivity contribution in [1.82, 2.24) is 0 Å². The van der Waals surface area contributed by atoms with Crippen LogP contribution in [0.4, 0.5) is 0 Å². The lowest BCUT2D eigenvalue weighted by Gasteiger charge is -2.57. The minimum absolute atomic E-state index is 0.444. The number of hydrogen-bond acceptors (Lipinski definition) is 1. The van der Waals surface area contributed by atoms with Crippen molar-refractivity contribution in [2.45, 2.75) is 87.9 Å². The van der Waals surface area contributed by atoms with Gasteiger partial charge in [-0.2, -0.15) is 0 Å². The van der Waals surface area contributed by atoms with Crippen LogP contribution in [0.5, 0.6) is 0 Å². The molecule has 1 heteroatoms. The third-order valence-corrected chi connectivity index (χ3v) is 12.1. The first-order chi connectivity index (χ1) is 17.1. The van der Waals surface area contributed by atoms with Gasteiger partial charge in [0, 0.05) is 10.9 Å². The van der Waals surface area contributed by atoms with Crippen molar-refractivity contribution in [2.24, 2.45) is 35.5 Å². The Morgan fingerprint density at radius 3 is 1.51 bits per heavy atom. The molecular formula is C34H38O. The fraction of sp³-hybridized carbons (Fsp3) is 0.588. The monoisotopic (exact) mass is 462 g/mol. The molecule has 0 atom stereocenters. The number of hydrogen-bond donors (Lipinski definition) is 0. The molecule has 1 aromatic heterocycles. The Labute approximate surface area is 209 Å². The smallest absolute Gasteiger partial charge is 0.134 e. The summed E-state index contributed by atoms with van der Waals surface area (Å²) >= 11 is 0. The lowest BCUT2D eigenvalue weighted by atomic mass is 9.48. The summed E-state index contributed by atoms with van der Waals surface area (Å²) in [7, 11) is 0. The summed E-state index contributed by atoms with van der Waals surface area (Å²) in [5, 5.41) is 1.33. The average molecular weight is 463 g/mol. The van der Waals surface area contributed by atoms with Crippen LogP contribution in [0, 0.1) is 35.5 Å². The van der Waals surface area contributed by atoms with E-state index in [0.29, 0.717) is 10.8 Å². The van der Waals surface area contributed by atoms with Gasteiger partial charge in [0.05, 0.1) is 6.26 Å². The molecule has 0 N–H and O–H groups in total. The fourth-order valence-corrected chi connectivity index (χ4v) is 11.5. The Bertz CT molecular complexity index is 1240. The molecule has 8 saturated carbocycles. The number of furan rings is 1. The molecule has 0 spiro atoms. The standard InChI is InChI=1S/C34H38O/c1-3-28(33-14-21-7-22(15-33)9-23(8-21)16-33)4-2-27(1)31-20-35-32-6-5-29(13-30(31)32)34-17-24-10-25(18-34)12-26(11-24)19-34/h1-6,13,20-26H,7-12,14-19H2. The van der Waals surface area contributed by atoms with Crippen LogP contribution in [0.3, 0.4) is 0 Å². The highest BCUT2D eigenvalue weighted by atomic mass is 16.3. The number of rotatable bonds is 3. The van der Waals surface area contributed by atoms with Gasteiger partial charge in [-0.25, -0.2) is 0 Å². The maximum absolute atomic E-state index is 6.11. The highest BCUT2D eigenvalue weighted by molar-refractivity contribution is 5.94. The van der Waals surface area contributed by atoms with Crippen LogP contribution in [0.1, 0.15) is 88.2 Å². The van der Waals surface area contributed by atoms with E-state index >= 15 is 0 Å². The van der Waals surface area contributed by atoms with E-state index < -0.39 is 0 Å². The van der Waals surface area contributed by atoms with Crippen LogP contribution in [0.25, 0.3) is 22.1 Å². The summed E-state index contributed by atoms with van der Waals surface area (Å²) in [6.07, 6.45) is 19.7. The Morgan fingerprint density at radius 2 is 1.00 bits per heavy atom. The normalized spacial score (nSPS) is 42.9. The van der Waals surface area contributed by atoms with E-state index in [4.69, 9.17) is 4.42 Å². The zero-order valence-corrected chi connectivity index (χ0v) is 21.0. The molecule has 0 amide bonds. The Hall–Kier alpha value is -2.02. The molecular weight excluding hydrogens is 424 g/mol. The molecule has 0 aliphatic heterocycles. The van der Waals surface area contributed by atoms with Gasteiger partial charge in [-0.1, -0.05) is 30.3 Å². The van der Waals surface area contributed by atoms with Crippen molar-refractivity contribution in [3.63, 3.8) is 0 Å². The largest absolute Gasteiger partial charge is 0.464 e. The van der Waals surface area contributed by atoms with Gasteiger partial charge in [0.15, 0.2) is 0 Å². The maximum atomic E-state index is 6.11. The highest BCUT2D eigenvalue weighted by Crippen LogP contribution is 2.62. The highest BCUT2D eigenvalue weighted by Gasteiger charge is 2.52. The predicted octanol–water partition coefficient (Wildman–Crippen LogP) is 9.04. The van der Waals surface area contributed by atoms with E-state index in [1.165, 1.54) is 93.6 Å². The van der Waals surface area contributed by atoms with E-state index in [1.54, 1.807) is 11.1 Å². The SMILES string of the molecule is c1cc(C23CC4CC(CC(C4)C2)C3)ccc1-c1coc2ccc(C34CC5CC(CC(C5)C3)C4)cc12. The molecule has 35 heavy (non-hydrogen) atoms. The van der Waals surface area contributed by atoms with E-state index in [9.17, 15) is 0 Å². The van der Waals surface area contributed by atoms with Crippen molar-refractivity contribution in [1.29, 1.82) is 0 Å². The van der Waals surface area contributed by atoms with Gasteiger partial charge in [0.25, 0.3) is 0 Å². The van der Waals surface area contributed by atoms with Gasteiger partial charge < -0.3 is 4.42 Å². The molecule has 3 aromatic rings. The lowest BCUT2D eigenvalue weighted by molar-refractivity contribution is -0.00528. The average Bonchev–Trinajstić information content (AvgIpc) is 3.26. The van der Waals surface area contributed by atoms with Gasteiger partial charge in [0.2, 0.25) is 0 Å². The third-order valence-electron chi connectivity index (χ3n) is 12.1. The maximum Gasteiger partial charge on any atom is 0.134 e. The van der Waals surface area contributed by atoms with E-state index in [-0.39, 0.29) is 0 Å². The van der Waals surface area contributed by atoms with Crippen molar-refractivity contribution in [3.05, 3.63) is 59.9 Å². The van der Waals surface area contributed by atoms with E-state index in [1.807, 2.05) is 6.26 Å². The van der Waals surface area contributed by atoms with Crippen molar-refractivity contribution in [2.75, 3.05) is 0 Å². The lowest BCUT2D eigenvalue weighted by Crippen LogP contribution is -2.48. The Balaban J connectivity index is 1.07. The zero-order chi connectivity index (χ0) is 22.8. The number of fused-ring (bicyclic) bond motifs is 1. The second-order valence-electron chi connectivity index (χ2n) is 14.3. The molecule has 11 rings (SSSR count). The Morgan fingerprint density at radius 1 is 0.543 bits per heavy atom. The van der Waals surface area contributed by atoms with E-state index in [2.05, 4.69) is 42.5 Å². The molecule has 8 bridgehead atoms. The molecule has 2 aromatic carbocycles. The summed E-state index contributed by atoms with van der Waals surface area (Å²) in [4.78, 5) is 0. The third kappa shape index (κ3) is 2.88. The molecule has 0 unspecified atom stereocenters. The van der Waals surface area contributed by atoms with Crippen LogP contribution in [0.15, 0.2) is 53.1 Å². The van der Waals surface area contributed by atoms with Crippen LogP contribution in [-0.4, -0.2) is 0 Å². The quantitative estimate of drug-likeness (QED) is 0.378. The van der Waals surface area contributed by atoms with Gasteiger partial charge >= 0.3 is 0 Å². The molecule has 0 radical (unpaired) electrons. The zero-order valence-electron chi connectivity index (χ0n) is 21.0. The molecule has 8 aliphatic carbocycles. The summed E-state index contributed by atoms with van der Waals surface area (Å²) in [5.74, 6) is 5.96. The first-order valence-electron chi connectivity index (χ1n) is 14.8. The second kappa shape index (κ2) is 6.84. The summed E-state index contributed by atoms with van der Waals surface area (Å²) in [6.45, 7) is 0. The first kappa shape index (κ1) is 20.1.